The Labute approximate surface area is 126 Å². The van der Waals surface area contributed by atoms with Gasteiger partial charge in [-0.2, -0.15) is 0 Å². The van der Waals surface area contributed by atoms with E-state index in [-0.39, 0.29) is 18.6 Å². The summed E-state index contributed by atoms with van der Waals surface area (Å²) >= 11 is 0. The van der Waals surface area contributed by atoms with Gasteiger partial charge in [0.15, 0.2) is 18.1 Å². The lowest BCUT2D eigenvalue weighted by Crippen LogP contribution is -2.16. The van der Waals surface area contributed by atoms with Crippen LogP contribution in [0.3, 0.4) is 0 Å². The van der Waals surface area contributed by atoms with Crippen LogP contribution >= 0.6 is 0 Å². The summed E-state index contributed by atoms with van der Waals surface area (Å²) in [5.74, 6) is 0.783. The van der Waals surface area contributed by atoms with Gasteiger partial charge in [0.05, 0.1) is 13.7 Å². The highest BCUT2D eigenvalue weighted by Gasteiger charge is 2.11. The summed E-state index contributed by atoms with van der Waals surface area (Å²) in [5.41, 5.74) is 1.09. The minimum absolute atomic E-state index is 0.110. The third-order valence-electron chi connectivity index (χ3n) is 3.23. The molecular weight excluding hydrogens is 270 g/mol. The number of carbonyl (C=O) groups is 1. The molecule has 1 rings (SSSR count). The van der Waals surface area contributed by atoms with Crippen LogP contribution in [0, 0.1) is 0 Å². The summed E-state index contributed by atoms with van der Waals surface area (Å²) in [6.45, 7) is 4.43. The lowest BCUT2D eigenvalue weighted by molar-refractivity contribution is -0.146. The normalized spacial score (nSPS) is 11.8. The fourth-order valence-electron chi connectivity index (χ4n) is 1.75. The topological polar surface area (TPSA) is 56.8 Å². The summed E-state index contributed by atoms with van der Waals surface area (Å²) < 4.78 is 15.8. The van der Waals surface area contributed by atoms with Crippen LogP contribution in [0.25, 0.3) is 0 Å². The fraction of sp³-hybridized carbons (Fsp3) is 0.562. The molecule has 0 radical (unpaired) electrons. The van der Waals surface area contributed by atoms with Crippen molar-refractivity contribution in [3.05, 3.63) is 23.8 Å². The van der Waals surface area contributed by atoms with Gasteiger partial charge < -0.3 is 19.5 Å². The highest BCUT2D eigenvalue weighted by atomic mass is 16.6. The van der Waals surface area contributed by atoms with Gasteiger partial charge in [0.2, 0.25) is 0 Å². The first-order valence-corrected chi connectivity index (χ1v) is 7.26. The molecule has 0 fully saturated rings. The number of hydrogen-bond donors (Lipinski definition) is 1. The number of rotatable bonds is 9. The van der Waals surface area contributed by atoms with Crippen LogP contribution in [0.15, 0.2) is 18.2 Å². The molecule has 118 valence electrons. The van der Waals surface area contributed by atoms with Crippen molar-refractivity contribution in [3.8, 4) is 11.5 Å². The Morgan fingerprint density at radius 3 is 2.71 bits per heavy atom. The molecule has 1 aromatic carbocycles. The number of benzene rings is 1. The van der Waals surface area contributed by atoms with Gasteiger partial charge in [-0.05, 0) is 38.1 Å². The Morgan fingerprint density at radius 1 is 1.33 bits per heavy atom. The van der Waals surface area contributed by atoms with Crippen molar-refractivity contribution in [2.45, 2.75) is 32.7 Å². The van der Waals surface area contributed by atoms with Crippen molar-refractivity contribution in [1.82, 2.24) is 5.32 Å². The number of esters is 1. The van der Waals surface area contributed by atoms with E-state index < -0.39 is 0 Å². The van der Waals surface area contributed by atoms with Crippen LogP contribution < -0.4 is 14.8 Å². The fourth-order valence-corrected chi connectivity index (χ4v) is 1.75. The SMILES string of the molecule is CCCCOC(=O)COc1ccc(C(C)NC)cc1OC. The molecule has 0 saturated heterocycles. The van der Waals surface area contributed by atoms with Gasteiger partial charge in [0.1, 0.15) is 0 Å². The highest BCUT2D eigenvalue weighted by Crippen LogP contribution is 2.30. The lowest BCUT2D eigenvalue weighted by Gasteiger charge is -2.15. The minimum Gasteiger partial charge on any atom is -0.493 e. The largest absolute Gasteiger partial charge is 0.493 e. The van der Waals surface area contributed by atoms with E-state index in [4.69, 9.17) is 14.2 Å². The second kappa shape index (κ2) is 9.23. The Balaban J connectivity index is 2.60. The zero-order valence-electron chi connectivity index (χ0n) is 13.3. The van der Waals surface area contributed by atoms with Crippen molar-refractivity contribution in [3.63, 3.8) is 0 Å². The molecule has 21 heavy (non-hydrogen) atoms. The molecular formula is C16H25NO4. The molecule has 0 aliphatic carbocycles. The molecule has 0 aromatic heterocycles. The predicted molar refractivity (Wildman–Crippen MR) is 81.8 cm³/mol. The molecule has 0 spiro atoms. The number of ether oxygens (including phenoxy) is 3. The molecule has 1 N–H and O–H groups in total. The number of nitrogens with one attached hydrogen (secondary N) is 1. The first-order chi connectivity index (χ1) is 10.1. The molecule has 0 heterocycles. The van der Waals surface area contributed by atoms with Crippen molar-refractivity contribution in [2.24, 2.45) is 0 Å². The van der Waals surface area contributed by atoms with E-state index >= 15 is 0 Å². The number of unbranched alkanes of at least 4 members (excludes halogenated alkanes) is 1. The third kappa shape index (κ3) is 5.63. The minimum atomic E-state index is -0.363. The molecule has 5 nitrogen and oxygen atoms in total. The Hall–Kier alpha value is -1.75. The first-order valence-electron chi connectivity index (χ1n) is 7.26. The molecule has 5 heteroatoms. The van der Waals surface area contributed by atoms with Crippen LogP contribution in [0.4, 0.5) is 0 Å². The Kier molecular flexibility index (Phi) is 7.61. The summed E-state index contributed by atoms with van der Waals surface area (Å²) in [6, 6.07) is 5.87. The van der Waals surface area contributed by atoms with Gasteiger partial charge in [0.25, 0.3) is 0 Å². The zero-order valence-corrected chi connectivity index (χ0v) is 13.3. The average molecular weight is 295 g/mol. The Morgan fingerprint density at radius 2 is 2.10 bits per heavy atom. The smallest absolute Gasteiger partial charge is 0.344 e. The second-order valence-corrected chi connectivity index (χ2v) is 4.78. The van der Waals surface area contributed by atoms with Crippen molar-refractivity contribution >= 4 is 5.97 Å². The second-order valence-electron chi connectivity index (χ2n) is 4.78. The van der Waals surface area contributed by atoms with Gasteiger partial charge in [0, 0.05) is 6.04 Å². The maximum Gasteiger partial charge on any atom is 0.344 e. The lowest BCUT2D eigenvalue weighted by atomic mass is 10.1. The van der Waals surface area contributed by atoms with Crippen LogP contribution in [-0.4, -0.2) is 33.3 Å². The van der Waals surface area contributed by atoms with E-state index in [0.29, 0.717) is 18.1 Å². The van der Waals surface area contributed by atoms with Crippen molar-refractivity contribution < 1.29 is 19.0 Å². The maximum absolute atomic E-state index is 11.5. The number of methoxy groups -OCH3 is 1. The van der Waals surface area contributed by atoms with E-state index in [1.54, 1.807) is 13.2 Å². The van der Waals surface area contributed by atoms with Crippen molar-refractivity contribution in [2.75, 3.05) is 27.4 Å². The van der Waals surface area contributed by atoms with Crippen LogP contribution in [0.5, 0.6) is 11.5 Å². The highest BCUT2D eigenvalue weighted by molar-refractivity contribution is 5.71. The number of hydrogen-bond acceptors (Lipinski definition) is 5. The Bertz CT molecular complexity index is 448. The zero-order chi connectivity index (χ0) is 15.7. The van der Waals surface area contributed by atoms with Gasteiger partial charge >= 0.3 is 5.97 Å². The quantitative estimate of drug-likeness (QED) is 0.561. The predicted octanol–water partition coefficient (Wildman–Crippen LogP) is 2.70. The van der Waals surface area contributed by atoms with Crippen molar-refractivity contribution in [1.29, 1.82) is 0 Å². The summed E-state index contributed by atoms with van der Waals surface area (Å²) in [5, 5.41) is 3.16. The van der Waals surface area contributed by atoms with E-state index in [1.165, 1.54) is 0 Å². The molecule has 1 aromatic rings. The summed E-state index contributed by atoms with van der Waals surface area (Å²) in [4.78, 5) is 11.5. The molecule has 0 saturated carbocycles. The van der Waals surface area contributed by atoms with Crippen LogP contribution in [-0.2, 0) is 9.53 Å². The van der Waals surface area contributed by atoms with E-state index in [0.717, 1.165) is 18.4 Å². The standard InChI is InChI=1S/C16H25NO4/c1-5-6-9-20-16(18)11-21-14-8-7-13(12(2)17-3)10-15(14)19-4/h7-8,10,12,17H,5-6,9,11H2,1-4H3. The molecule has 0 aliphatic rings. The van der Waals surface area contributed by atoms with Crippen LogP contribution in [0.1, 0.15) is 38.3 Å². The summed E-state index contributed by atoms with van der Waals surface area (Å²) in [6.07, 6.45) is 1.86. The van der Waals surface area contributed by atoms with Gasteiger partial charge in [-0.15, -0.1) is 0 Å². The van der Waals surface area contributed by atoms with Gasteiger partial charge in [-0.3, -0.25) is 0 Å². The molecule has 0 amide bonds. The van der Waals surface area contributed by atoms with Crippen LogP contribution in [0.2, 0.25) is 0 Å². The van der Waals surface area contributed by atoms with Gasteiger partial charge in [-0.1, -0.05) is 19.4 Å². The van der Waals surface area contributed by atoms with E-state index in [1.807, 2.05) is 26.1 Å². The molecule has 0 bridgehead atoms. The molecule has 1 unspecified atom stereocenters. The average Bonchev–Trinajstić information content (AvgIpc) is 2.52. The number of carbonyl (C=O) groups excluding carboxylic acids is 1. The maximum atomic E-state index is 11.5. The third-order valence-corrected chi connectivity index (χ3v) is 3.23. The van der Waals surface area contributed by atoms with E-state index in [9.17, 15) is 4.79 Å². The summed E-state index contributed by atoms with van der Waals surface area (Å²) in [7, 11) is 3.48. The first kappa shape index (κ1) is 17.3. The van der Waals surface area contributed by atoms with E-state index in [2.05, 4.69) is 12.2 Å². The monoisotopic (exact) mass is 295 g/mol. The molecule has 1 atom stereocenters. The molecule has 0 aliphatic heterocycles. The van der Waals surface area contributed by atoms with Gasteiger partial charge in [-0.25, -0.2) is 4.79 Å².